The standard InChI is InChI=1S/C19H21NO4/c1-12-7-6-8-13(2)15(12)11-16(19(23)24)20-18(22)17(21)14-9-4-3-5-10-14/h3-10,16-17,21H,11H2,1-2H3,(H,20,22)(H,23,24)/t16-,17+/m1/s1. The number of aliphatic carboxylic acids is 1. The summed E-state index contributed by atoms with van der Waals surface area (Å²) >= 11 is 0. The lowest BCUT2D eigenvalue weighted by Crippen LogP contribution is -2.44. The molecular formula is C19H21NO4. The Kier molecular flexibility index (Phi) is 5.71. The predicted molar refractivity (Wildman–Crippen MR) is 90.6 cm³/mol. The van der Waals surface area contributed by atoms with Gasteiger partial charge in [-0.1, -0.05) is 48.5 Å². The molecular weight excluding hydrogens is 306 g/mol. The van der Waals surface area contributed by atoms with Gasteiger partial charge in [0, 0.05) is 6.42 Å². The molecule has 2 aromatic rings. The van der Waals surface area contributed by atoms with E-state index < -0.39 is 24.0 Å². The van der Waals surface area contributed by atoms with Crippen molar-refractivity contribution in [3.63, 3.8) is 0 Å². The molecule has 0 aliphatic rings. The highest BCUT2D eigenvalue weighted by Gasteiger charge is 2.26. The van der Waals surface area contributed by atoms with Crippen LogP contribution in [0.1, 0.15) is 28.4 Å². The van der Waals surface area contributed by atoms with Gasteiger partial charge in [0.15, 0.2) is 6.10 Å². The SMILES string of the molecule is Cc1cccc(C)c1C[C@@H](NC(=O)[C@@H](O)c1ccccc1)C(=O)O. The number of hydrogen-bond acceptors (Lipinski definition) is 3. The van der Waals surface area contributed by atoms with Gasteiger partial charge in [-0.15, -0.1) is 0 Å². The minimum Gasteiger partial charge on any atom is -0.480 e. The second kappa shape index (κ2) is 7.75. The minimum absolute atomic E-state index is 0.168. The molecule has 0 bridgehead atoms. The molecule has 0 aliphatic carbocycles. The first-order valence-corrected chi connectivity index (χ1v) is 7.71. The fraction of sp³-hybridized carbons (Fsp3) is 0.263. The van der Waals surface area contributed by atoms with Crippen molar-refractivity contribution < 1.29 is 19.8 Å². The third-order valence-electron chi connectivity index (χ3n) is 4.03. The molecule has 5 heteroatoms. The number of nitrogens with one attached hydrogen (secondary N) is 1. The van der Waals surface area contributed by atoms with Crippen LogP contribution in [0.3, 0.4) is 0 Å². The van der Waals surface area contributed by atoms with Crippen molar-refractivity contribution >= 4 is 11.9 Å². The van der Waals surface area contributed by atoms with E-state index in [1.807, 2.05) is 32.0 Å². The largest absolute Gasteiger partial charge is 0.480 e. The third kappa shape index (κ3) is 4.20. The molecule has 0 fully saturated rings. The van der Waals surface area contributed by atoms with Crippen molar-refractivity contribution in [1.29, 1.82) is 0 Å². The van der Waals surface area contributed by atoms with Crippen molar-refractivity contribution in [2.24, 2.45) is 0 Å². The van der Waals surface area contributed by atoms with Gasteiger partial charge in [0.05, 0.1) is 0 Å². The molecule has 0 saturated carbocycles. The van der Waals surface area contributed by atoms with E-state index in [2.05, 4.69) is 5.32 Å². The molecule has 126 valence electrons. The van der Waals surface area contributed by atoms with E-state index >= 15 is 0 Å². The summed E-state index contributed by atoms with van der Waals surface area (Å²) < 4.78 is 0. The minimum atomic E-state index is -1.40. The second-order valence-electron chi connectivity index (χ2n) is 5.79. The molecule has 0 saturated heterocycles. The summed E-state index contributed by atoms with van der Waals surface area (Å²) in [6.45, 7) is 3.81. The molecule has 2 aromatic carbocycles. The number of carbonyl (C=O) groups excluding carboxylic acids is 1. The van der Waals surface area contributed by atoms with Crippen LogP contribution in [-0.2, 0) is 16.0 Å². The van der Waals surface area contributed by atoms with Gasteiger partial charge in [-0.05, 0) is 36.1 Å². The summed E-state index contributed by atoms with van der Waals surface area (Å²) in [5.41, 5.74) is 3.25. The molecule has 0 spiro atoms. The van der Waals surface area contributed by atoms with E-state index in [4.69, 9.17) is 0 Å². The molecule has 0 heterocycles. The average Bonchev–Trinajstić information content (AvgIpc) is 2.57. The molecule has 5 nitrogen and oxygen atoms in total. The van der Waals surface area contributed by atoms with Crippen LogP contribution in [0.25, 0.3) is 0 Å². The van der Waals surface area contributed by atoms with Crippen LogP contribution in [0.15, 0.2) is 48.5 Å². The van der Waals surface area contributed by atoms with E-state index in [-0.39, 0.29) is 6.42 Å². The van der Waals surface area contributed by atoms with Crippen molar-refractivity contribution in [2.45, 2.75) is 32.4 Å². The average molecular weight is 327 g/mol. The molecule has 2 atom stereocenters. The molecule has 2 rings (SSSR count). The summed E-state index contributed by atoms with van der Waals surface area (Å²) in [6.07, 6.45) is -1.23. The van der Waals surface area contributed by atoms with Gasteiger partial charge in [0.25, 0.3) is 5.91 Å². The zero-order valence-electron chi connectivity index (χ0n) is 13.7. The molecule has 3 N–H and O–H groups in total. The van der Waals surface area contributed by atoms with Gasteiger partial charge < -0.3 is 15.5 Å². The number of carbonyl (C=O) groups is 2. The summed E-state index contributed by atoms with van der Waals surface area (Å²) in [5.74, 6) is -1.86. The number of aryl methyl sites for hydroxylation is 2. The van der Waals surface area contributed by atoms with Crippen LogP contribution >= 0.6 is 0 Å². The first-order valence-electron chi connectivity index (χ1n) is 7.71. The number of amides is 1. The van der Waals surface area contributed by atoms with E-state index in [9.17, 15) is 19.8 Å². The van der Waals surface area contributed by atoms with Gasteiger partial charge in [0.1, 0.15) is 6.04 Å². The highest BCUT2D eigenvalue weighted by Crippen LogP contribution is 2.17. The summed E-state index contributed by atoms with van der Waals surface area (Å²) in [7, 11) is 0. The predicted octanol–water partition coefficient (Wildman–Crippen LogP) is 2.15. The zero-order chi connectivity index (χ0) is 17.7. The van der Waals surface area contributed by atoms with Crippen molar-refractivity contribution in [2.75, 3.05) is 0 Å². The molecule has 1 amide bonds. The Bertz CT molecular complexity index is 707. The maximum Gasteiger partial charge on any atom is 0.326 e. The van der Waals surface area contributed by atoms with Crippen LogP contribution < -0.4 is 5.32 Å². The second-order valence-corrected chi connectivity index (χ2v) is 5.79. The summed E-state index contributed by atoms with van der Waals surface area (Å²) in [6, 6.07) is 13.0. The maximum absolute atomic E-state index is 12.2. The van der Waals surface area contributed by atoms with Crippen LogP contribution in [0.4, 0.5) is 0 Å². The number of carboxylic acid groups (broad SMARTS) is 1. The third-order valence-corrected chi connectivity index (χ3v) is 4.03. The number of benzene rings is 2. The number of carboxylic acids is 1. The quantitative estimate of drug-likeness (QED) is 0.759. The fourth-order valence-corrected chi connectivity index (χ4v) is 2.61. The monoisotopic (exact) mass is 327 g/mol. The Morgan fingerprint density at radius 1 is 1.00 bits per heavy atom. The van der Waals surface area contributed by atoms with E-state index in [1.54, 1.807) is 30.3 Å². The van der Waals surface area contributed by atoms with Gasteiger partial charge in [-0.25, -0.2) is 4.79 Å². The molecule has 0 radical (unpaired) electrons. The Morgan fingerprint density at radius 3 is 2.12 bits per heavy atom. The lowest BCUT2D eigenvalue weighted by molar-refractivity contribution is -0.143. The van der Waals surface area contributed by atoms with E-state index in [1.165, 1.54) is 0 Å². The first-order chi connectivity index (χ1) is 11.4. The van der Waals surface area contributed by atoms with Crippen LogP contribution in [0, 0.1) is 13.8 Å². The smallest absolute Gasteiger partial charge is 0.326 e. The van der Waals surface area contributed by atoms with Gasteiger partial charge >= 0.3 is 5.97 Å². The van der Waals surface area contributed by atoms with Crippen LogP contribution in [0.2, 0.25) is 0 Å². The molecule has 24 heavy (non-hydrogen) atoms. The highest BCUT2D eigenvalue weighted by atomic mass is 16.4. The van der Waals surface area contributed by atoms with E-state index in [0.717, 1.165) is 16.7 Å². The molecule has 0 unspecified atom stereocenters. The number of aliphatic hydroxyl groups is 1. The Hall–Kier alpha value is -2.66. The van der Waals surface area contributed by atoms with Gasteiger partial charge in [-0.2, -0.15) is 0 Å². The first kappa shape index (κ1) is 17.7. The zero-order valence-corrected chi connectivity index (χ0v) is 13.7. The molecule has 0 aliphatic heterocycles. The van der Waals surface area contributed by atoms with Crippen LogP contribution in [0.5, 0.6) is 0 Å². The highest BCUT2D eigenvalue weighted by molar-refractivity contribution is 5.87. The van der Waals surface area contributed by atoms with Gasteiger partial charge in [0.2, 0.25) is 0 Å². The number of aliphatic hydroxyl groups excluding tert-OH is 1. The van der Waals surface area contributed by atoms with Crippen LogP contribution in [-0.4, -0.2) is 28.1 Å². The summed E-state index contributed by atoms with van der Waals surface area (Å²) in [5, 5.41) is 21.9. The number of rotatable bonds is 6. The van der Waals surface area contributed by atoms with Crippen molar-refractivity contribution in [3.05, 3.63) is 70.8 Å². The summed E-state index contributed by atoms with van der Waals surface area (Å²) in [4.78, 5) is 23.7. The lowest BCUT2D eigenvalue weighted by atomic mass is 9.96. The van der Waals surface area contributed by atoms with Gasteiger partial charge in [-0.3, -0.25) is 4.79 Å². The Labute approximate surface area is 141 Å². The molecule has 0 aromatic heterocycles. The fourth-order valence-electron chi connectivity index (χ4n) is 2.61. The lowest BCUT2D eigenvalue weighted by Gasteiger charge is -2.19. The van der Waals surface area contributed by atoms with Crippen molar-refractivity contribution in [1.82, 2.24) is 5.32 Å². The maximum atomic E-state index is 12.2. The van der Waals surface area contributed by atoms with Crippen molar-refractivity contribution in [3.8, 4) is 0 Å². The number of hydrogen-bond donors (Lipinski definition) is 3. The Balaban J connectivity index is 2.14. The Morgan fingerprint density at radius 2 is 1.58 bits per heavy atom. The topological polar surface area (TPSA) is 86.6 Å². The van der Waals surface area contributed by atoms with E-state index in [0.29, 0.717) is 5.56 Å². The normalized spacial score (nSPS) is 13.1.